The van der Waals surface area contributed by atoms with Crippen LogP contribution in [0.25, 0.3) is 0 Å². The van der Waals surface area contributed by atoms with E-state index in [9.17, 15) is 0 Å². The van der Waals surface area contributed by atoms with E-state index in [1.807, 2.05) is 11.8 Å². The molecule has 0 atom stereocenters. The number of hydrogen-bond donors (Lipinski definition) is 1. The van der Waals surface area contributed by atoms with Gasteiger partial charge >= 0.3 is 0 Å². The molecule has 4 nitrogen and oxygen atoms in total. The Labute approximate surface area is 114 Å². The minimum atomic E-state index is 0.879. The lowest BCUT2D eigenvalue weighted by atomic mass is 10.4. The van der Waals surface area contributed by atoms with Gasteiger partial charge in [-0.15, -0.1) is 0 Å². The van der Waals surface area contributed by atoms with Crippen LogP contribution in [0.2, 0.25) is 0 Å². The predicted octanol–water partition coefficient (Wildman–Crippen LogP) is 1.44. The smallest absolute Gasteiger partial charge is 0.118 e. The third-order valence-electron chi connectivity index (χ3n) is 2.93. The molecule has 0 amide bonds. The fourth-order valence-corrected chi connectivity index (χ4v) is 2.90. The summed E-state index contributed by atoms with van der Waals surface area (Å²) in [7, 11) is 4.11. The summed E-state index contributed by atoms with van der Waals surface area (Å²) in [6.07, 6.45) is 0. The molecule has 2 rings (SSSR count). The number of rotatable bonds is 7. The van der Waals surface area contributed by atoms with Gasteiger partial charge in [-0.1, -0.05) is 0 Å². The Hall–Kier alpha value is -0.490. The number of furan rings is 1. The van der Waals surface area contributed by atoms with E-state index in [1.54, 1.807) is 0 Å². The second-order valence-corrected chi connectivity index (χ2v) is 6.04. The Bertz CT molecular complexity index is 348. The molecule has 0 unspecified atom stereocenters. The maximum absolute atomic E-state index is 5.78. The topological polar surface area (TPSA) is 31.6 Å². The first kappa shape index (κ1) is 13.9. The quantitative estimate of drug-likeness (QED) is 0.757. The van der Waals surface area contributed by atoms with E-state index in [2.05, 4.69) is 41.3 Å². The molecule has 0 spiro atoms. The second kappa shape index (κ2) is 7.19. The SMILES string of the molecule is CN(C)Cc1ccc(CSCCN2CCNC2)o1. The zero-order chi connectivity index (χ0) is 12.8. The van der Waals surface area contributed by atoms with Crippen molar-refractivity contribution in [2.45, 2.75) is 12.3 Å². The average molecular weight is 269 g/mol. The summed E-state index contributed by atoms with van der Waals surface area (Å²) in [5.74, 6) is 4.30. The van der Waals surface area contributed by atoms with Crippen molar-refractivity contribution < 1.29 is 4.42 Å². The van der Waals surface area contributed by atoms with Gasteiger partial charge in [-0.3, -0.25) is 4.90 Å². The lowest BCUT2D eigenvalue weighted by molar-refractivity contribution is 0.344. The van der Waals surface area contributed by atoms with Gasteiger partial charge in [-0.05, 0) is 26.2 Å². The molecule has 0 aliphatic carbocycles. The fraction of sp³-hybridized carbons (Fsp3) is 0.692. The average Bonchev–Trinajstić information content (AvgIpc) is 2.95. The number of thioether (sulfide) groups is 1. The summed E-state index contributed by atoms with van der Waals surface area (Å²) in [6.45, 7) is 5.42. The predicted molar refractivity (Wildman–Crippen MR) is 76.7 cm³/mol. The van der Waals surface area contributed by atoms with E-state index in [4.69, 9.17) is 4.42 Å². The molecule has 1 aromatic heterocycles. The Morgan fingerprint density at radius 1 is 1.39 bits per heavy atom. The zero-order valence-electron chi connectivity index (χ0n) is 11.3. The van der Waals surface area contributed by atoms with E-state index in [0.29, 0.717) is 0 Å². The first-order chi connectivity index (χ1) is 8.74. The molecule has 0 aromatic carbocycles. The highest BCUT2D eigenvalue weighted by Gasteiger charge is 2.10. The largest absolute Gasteiger partial charge is 0.464 e. The summed E-state index contributed by atoms with van der Waals surface area (Å²) in [5, 5.41) is 3.35. The van der Waals surface area contributed by atoms with E-state index < -0.39 is 0 Å². The van der Waals surface area contributed by atoms with E-state index >= 15 is 0 Å². The Morgan fingerprint density at radius 2 is 2.22 bits per heavy atom. The summed E-state index contributed by atoms with van der Waals surface area (Å²) in [6, 6.07) is 4.18. The normalized spacial score (nSPS) is 16.8. The van der Waals surface area contributed by atoms with Gasteiger partial charge in [0.05, 0.1) is 12.3 Å². The van der Waals surface area contributed by atoms with Crippen LogP contribution < -0.4 is 5.32 Å². The molecule has 2 heterocycles. The third-order valence-corrected chi connectivity index (χ3v) is 3.89. The lowest BCUT2D eigenvalue weighted by Gasteiger charge is -2.12. The van der Waals surface area contributed by atoms with Crippen molar-refractivity contribution in [3.8, 4) is 0 Å². The van der Waals surface area contributed by atoms with Crippen molar-refractivity contribution >= 4 is 11.8 Å². The van der Waals surface area contributed by atoms with Crippen LogP contribution in [-0.2, 0) is 12.3 Å². The van der Waals surface area contributed by atoms with Gasteiger partial charge in [0.2, 0.25) is 0 Å². The maximum atomic E-state index is 5.78. The highest BCUT2D eigenvalue weighted by Crippen LogP contribution is 2.16. The minimum absolute atomic E-state index is 0.879. The monoisotopic (exact) mass is 269 g/mol. The molecule has 0 bridgehead atoms. The molecular formula is C13H23N3OS. The maximum Gasteiger partial charge on any atom is 0.118 e. The molecule has 0 radical (unpaired) electrons. The summed E-state index contributed by atoms with van der Waals surface area (Å²) in [4.78, 5) is 4.57. The highest BCUT2D eigenvalue weighted by molar-refractivity contribution is 7.98. The van der Waals surface area contributed by atoms with Gasteiger partial charge in [0.25, 0.3) is 0 Å². The van der Waals surface area contributed by atoms with Crippen LogP contribution in [0.1, 0.15) is 11.5 Å². The highest BCUT2D eigenvalue weighted by atomic mass is 32.2. The van der Waals surface area contributed by atoms with Crippen molar-refractivity contribution in [1.82, 2.24) is 15.1 Å². The molecule has 1 N–H and O–H groups in total. The molecule has 1 aromatic rings. The zero-order valence-corrected chi connectivity index (χ0v) is 12.1. The van der Waals surface area contributed by atoms with Gasteiger partial charge in [0.1, 0.15) is 11.5 Å². The Morgan fingerprint density at radius 3 is 2.94 bits per heavy atom. The molecule has 1 fully saturated rings. The van der Waals surface area contributed by atoms with Crippen LogP contribution in [0.5, 0.6) is 0 Å². The van der Waals surface area contributed by atoms with Crippen LogP contribution in [-0.4, -0.2) is 56.0 Å². The third kappa shape index (κ3) is 4.65. The molecule has 102 valence electrons. The lowest BCUT2D eigenvalue weighted by Crippen LogP contribution is -2.24. The van der Waals surface area contributed by atoms with Crippen LogP contribution in [0.4, 0.5) is 0 Å². The number of nitrogens with one attached hydrogen (secondary N) is 1. The molecule has 18 heavy (non-hydrogen) atoms. The van der Waals surface area contributed by atoms with Crippen molar-refractivity contribution in [1.29, 1.82) is 0 Å². The van der Waals surface area contributed by atoms with Gasteiger partial charge in [0.15, 0.2) is 0 Å². The first-order valence-corrected chi connectivity index (χ1v) is 7.62. The van der Waals surface area contributed by atoms with Gasteiger partial charge in [-0.25, -0.2) is 0 Å². The molecule has 1 aliphatic rings. The van der Waals surface area contributed by atoms with Crippen molar-refractivity contribution in [2.24, 2.45) is 0 Å². The molecule has 1 saturated heterocycles. The van der Waals surface area contributed by atoms with Crippen LogP contribution in [0, 0.1) is 0 Å². The van der Waals surface area contributed by atoms with Crippen molar-refractivity contribution in [3.05, 3.63) is 23.7 Å². The second-order valence-electron chi connectivity index (χ2n) is 4.93. The van der Waals surface area contributed by atoms with Gasteiger partial charge in [-0.2, -0.15) is 11.8 Å². The van der Waals surface area contributed by atoms with Crippen LogP contribution >= 0.6 is 11.8 Å². The Balaban J connectivity index is 1.62. The standard InChI is InChI=1S/C13H23N3OS/c1-15(2)9-12-3-4-13(17-12)10-18-8-7-16-6-5-14-11-16/h3-4,14H,5-11H2,1-2H3. The van der Waals surface area contributed by atoms with Gasteiger partial charge in [0, 0.05) is 32.1 Å². The molecule has 5 heteroatoms. The minimum Gasteiger partial charge on any atom is -0.464 e. The number of hydrogen-bond acceptors (Lipinski definition) is 5. The van der Waals surface area contributed by atoms with E-state index in [0.717, 1.165) is 37.0 Å². The Kier molecular flexibility index (Phi) is 5.56. The number of nitrogens with zero attached hydrogens (tertiary/aromatic N) is 2. The fourth-order valence-electron chi connectivity index (χ4n) is 2.01. The van der Waals surface area contributed by atoms with E-state index in [-0.39, 0.29) is 0 Å². The van der Waals surface area contributed by atoms with E-state index in [1.165, 1.54) is 18.8 Å². The molecule has 1 aliphatic heterocycles. The van der Waals surface area contributed by atoms with Crippen LogP contribution in [0.3, 0.4) is 0 Å². The molecular weight excluding hydrogens is 246 g/mol. The summed E-state index contributed by atoms with van der Waals surface area (Å²) >= 11 is 1.95. The van der Waals surface area contributed by atoms with Gasteiger partial charge < -0.3 is 14.6 Å². The summed E-state index contributed by atoms with van der Waals surface area (Å²) in [5.41, 5.74) is 0. The molecule has 0 saturated carbocycles. The first-order valence-electron chi connectivity index (χ1n) is 6.47. The van der Waals surface area contributed by atoms with Crippen molar-refractivity contribution in [2.75, 3.05) is 46.2 Å². The van der Waals surface area contributed by atoms with Crippen molar-refractivity contribution in [3.63, 3.8) is 0 Å². The van der Waals surface area contributed by atoms with Crippen LogP contribution in [0.15, 0.2) is 16.5 Å². The summed E-state index contributed by atoms with van der Waals surface area (Å²) < 4.78 is 5.78.